The molecule has 1 aromatic carbocycles. The zero-order valence-electron chi connectivity index (χ0n) is 7.90. The first-order chi connectivity index (χ1) is 6.74. The molecule has 4 heteroatoms. The van der Waals surface area contributed by atoms with Crippen molar-refractivity contribution in [3.63, 3.8) is 0 Å². The lowest BCUT2D eigenvalue weighted by Crippen LogP contribution is -2.04. The lowest BCUT2D eigenvalue weighted by atomic mass is 10.1. The van der Waals surface area contributed by atoms with Gasteiger partial charge >= 0.3 is 5.97 Å². The first-order valence-corrected chi connectivity index (χ1v) is 4.23. The van der Waals surface area contributed by atoms with Gasteiger partial charge in [0.05, 0.1) is 12.6 Å². The van der Waals surface area contributed by atoms with Crippen LogP contribution in [0.25, 0.3) is 0 Å². The van der Waals surface area contributed by atoms with Crippen LogP contribution in [0, 0.1) is 0 Å². The topological polar surface area (TPSA) is 61.7 Å². The number of benzene rings is 1. The summed E-state index contributed by atoms with van der Waals surface area (Å²) in [6.07, 6.45) is 1.63. The Morgan fingerprint density at radius 3 is 2.93 bits per heavy atom. The third-order valence-electron chi connectivity index (χ3n) is 1.73. The maximum Gasteiger partial charge on any atom is 0.307 e. The number of hydrogen-bond donors (Lipinski definition) is 2. The maximum atomic E-state index is 10.5. The van der Waals surface area contributed by atoms with Gasteiger partial charge in [-0.3, -0.25) is 4.79 Å². The second-order valence-corrected chi connectivity index (χ2v) is 2.75. The van der Waals surface area contributed by atoms with Gasteiger partial charge in [-0.1, -0.05) is 24.3 Å². The maximum absolute atomic E-state index is 10.5. The Kier molecular flexibility index (Phi) is 3.67. The Balaban J connectivity index is 2.90. The third kappa shape index (κ3) is 2.90. The second-order valence-electron chi connectivity index (χ2n) is 2.75. The number of nitrogens with one attached hydrogen (secondary N) is 1. The molecule has 1 rings (SSSR count). The number of carboxylic acid groups (broad SMARTS) is 1. The molecule has 0 atom stereocenters. The van der Waals surface area contributed by atoms with E-state index in [2.05, 4.69) is 10.5 Å². The molecule has 0 saturated heterocycles. The van der Waals surface area contributed by atoms with Crippen molar-refractivity contribution in [2.45, 2.75) is 6.42 Å². The van der Waals surface area contributed by atoms with Gasteiger partial charge in [0.25, 0.3) is 0 Å². The van der Waals surface area contributed by atoms with Crippen molar-refractivity contribution in [3.05, 3.63) is 35.4 Å². The predicted molar refractivity (Wildman–Crippen MR) is 54.4 cm³/mol. The van der Waals surface area contributed by atoms with Crippen LogP contribution in [0.4, 0.5) is 0 Å². The van der Waals surface area contributed by atoms with E-state index in [-0.39, 0.29) is 6.42 Å². The summed E-state index contributed by atoms with van der Waals surface area (Å²) in [4.78, 5) is 10.5. The fraction of sp³-hybridized carbons (Fsp3) is 0.200. The summed E-state index contributed by atoms with van der Waals surface area (Å²) in [7, 11) is 1.69. The average molecular weight is 192 g/mol. The highest BCUT2D eigenvalue weighted by Gasteiger charge is 2.03. The molecule has 74 valence electrons. The number of rotatable bonds is 4. The van der Waals surface area contributed by atoms with Crippen LogP contribution in [0.1, 0.15) is 11.1 Å². The van der Waals surface area contributed by atoms with Crippen molar-refractivity contribution in [2.75, 3.05) is 7.05 Å². The molecule has 0 aliphatic rings. The summed E-state index contributed by atoms with van der Waals surface area (Å²) in [5, 5.41) is 12.5. The lowest BCUT2D eigenvalue weighted by Gasteiger charge is -2.01. The minimum absolute atomic E-state index is 0.0197. The van der Waals surface area contributed by atoms with Crippen LogP contribution in [-0.4, -0.2) is 24.3 Å². The Labute approximate surface area is 82.3 Å². The Bertz CT molecular complexity index is 348. The fourth-order valence-corrected chi connectivity index (χ4v) is 1.12. The van der Waals surface area contributed by atoms with E-state index in [9.17, 15) is 4.79 Å². The number of nitrogens with zero attached hydrogens (tertiary/aromatic N) is 1. The van der Waals surface area contributed by atoms with E-state index in [1.54, 1.807) is 19.3 Å². The normalized spacial score (nSPS) is 10.4. The van der Waals surface area contributed by atoms with Crippen LogP contribution in [0.3, 0.4) is 0 Å². The van der Waals surface area contributed by atoms with Gasteiger partial charge < -0.3 is 10.5 Å². The van der Waals surface area contributed by atoms with Crippen molar-refractivity contribution in [2.24, 2.45) is 5.10 Å². The van der Waals surface area contributed by atoms with Gasteiger partial charge in [-0.15, -0.1) is 0 Å². The second kappa shape index (κ2) is 5.01. The Hall–Kier alpha value is -1.84. The first kappa shape index (κ1) is 10.2. The highest BCUT2D eigenvalue weighted by molar-refractivity contribution is 5.84. The molecule has 0 aliphatic heterocycles. The standard InChI is InChI=1S/C10H12N2O2/c1-11-12-7-9-5-3-2-4-8(9)6-10(13)14/h2-5,7,11H,6H2,1H3,(H,13,14)/b12-7+. The molecule has 0 amide bonds. The van der Waals surface area contributed by atoms with Crippen LogP contribution in [-0.2, 0) is 11.2 Å². The van der Waals surface area contributed by atoms with Gasteiger partial charge in [0.1, 0.15) is 0 Å². The molecule has 0 saturated carbocycles. The molecular formula is C10H12N2O2. The summed E-state index contributed by atoms with van der Waals surface area (Å²) in [5.74, 6) is -0.838. The quantitative estimate of drug-likeness (QED) is 0.549. The van der Waals surface area contributed by atoms with Crippen molar-refractivity contribution in [1.29, 1.82) is 0 Å². The van der Waals surface area contributed by atoms with Gasteiger partial charge in [-0.05, 0) is 11.1 Å². The molecule has 0 fully saturated rings. The molecule has 0 aromatic heterocycles. The zero-order valence-corrected chi connectivity index (χ0v) is 7.90. The predicted octanol–water partition coefficient (Wildman–Crippen LogP) is 0.867. The third-order valence-corrected chi connectivity index (χ3v) is 1.73. The van der Waals surface area contributed by atoms with Gasteiger partial charge in [0.15, 0.2) is 0 Å². The number of aliphatic carboxylic acids is 1. The monoisotopic (exact) mass is 192 g/mol. The molecule has 0 radical (unpaired) electrons. The average Bonchev–Trinajstić information content (AvgIpc) is 2.16. The van der Waals surface area contributed by atoms with E-state index >= 15 is 0 Å². The lowest BCUT2D eigenvalue weighted by molar-refractivity contribution is -0.136. The molecular weight excluding hydrogens is 180 g/mol. The highest BCUT2D eigenvalue weighted by atomic mass is 16.4. The SMILES string of the molecule is CN/N=C/c1ccccc1CC(=O)O. The van der Waals surface area contributed by atoms with Crippen LogP contribution >= 0.6 is 0 Å². The molecule has 0 spiro atoms. The van der Waals surface area contributed by atoms with Crippen molar-refractivity contribution >= 4 is 12.2 Å². The molecule has 2 N–H and O–H groups in total. The molecule has 4 nitrogen and oxygen atoms in total. The molecule has 14 heavy (non-hydrogen) atoms. The van der Waals surface area contributed by atoms with Crippen molar-refractivity contribution < 1.29 is 9.90 Å². The number of carboxylic acids is 1. The molecule has 0 unspecified atom stereocenters. The van der Waals surface area contributed by atoms with E-state index in [1.165, 1.54) is 0 Å². The van der Waals surface area contributed by atoms with E-state index in [4.69, 9.17) is 5.11 Å². The number of hydrazone groups is 1. The molecule has 0 bridgehead atoms. The van der Waals surface area contributed by atoms with Gasteiger partial charge in [-0.2, -0.15) is 5.10 Å². The van der Waals surface area contributed by atoms with E-state index in [1.807, 2.05) is 18.2 Å². The first-order valence-electron chi connectivity index (χ1n) is 4.23. The largest absolute Gasteiger partial charge is 0.481 e. The van der Waals surface area contributed by atoms with Gasteiger partial charge in [0, 0.05) is 7.05 Å². The number of hydrogen-bond acceptors (Lipinski definition) is 3. The fourth-order valence-electron chi connectivity index (χ4n) is 1.12. The molecule has 1 aromatic rings. The minimum Gasteiger partial charge on any atom is -0.481 e. The van der Waals surface area contributed by atoms with Crippen LogP contribution in [0.2, 0.25) is 0 Å². The summed E-state index contributed by atoms with van der Waals surface area (Å²) >= 11 is 0. The van der Waals surface area contributed by atoms with Crippen LogP contribution in [0.5, 0.6) is 0 Å². The van der Waals surface area contributed by atoms with E-state index in [0.717, 1.165) is 11.1 Å². The molecule has 0 aliphatic carbocycles. The minimum atomic E-state index is -0.838. The summed E-state index contributed by atoms with van der Waals surface area (Å²) in [5.41, 5.74) is 4.21. The highest BCUT2D eigenvalue weighted by Crippen LogP contribution is 2.06. The summed E-state index contributed by atoms with van der Waals surface area (Å²) in [6.45, 7) is 0. The summed E-state index contributed by atoms with van der Waals surface area (Å²) < 4.78 is 0. The smallest absolute Gasteiger partial charge is 0.307 e. The van der Waals surface area contributed by atoms with E-state index in [0.29, 0.717) is 0 Å². The number of carbonyl (C=O) groups is 1. The van der Waals surface area contributed by atoms with Crippen molar-refractivity contribution in [1.82, 2.24) is 5.43 Å². The Morgan fingerprint density at radius 2 is 2.29 bits per heavy atom. The van der Waals surface area contributed by atoms with Crippen LogP contribution < -0.4 is 5.43 Å². The van der Waals surface area contributed by atoms with Gasteiger partial charge in [-0.25, -0.2) is 0 Å². The zero-order chi connectivity index (χ0) is 10.4. The Morgan fingerprint density at radius 1 is 1.57 bits per heavy atom. The van der Waals surface area contributed by atoms with Crippen LogP contribution in [0.15, 0.2) is 29.4 Å². The van der Waals surface area contributed by atoms with E-state index < -0.39 is 5.97 Å². The summed E-state index contributed by atoms with van der Waals surface area (Å²) in [6, 6.07) is 7.28. The van der Waals surface area contributed by atoms with Crippen molar-refractivity contribution in [3.8, 4) is 0 Å². The molecule has 0 heterocycles. The van der Waals surface area contributed by atoms with Gasteiger partial charge in [0.2, 0.25) is 0 Å².